The van der Waals surface area contributed by atoms with E-state index in [1.54, 1.807) is 0 Å². The number of nitrogens with one attached hydrogen (secondary N) is 2. The van der Waals surface area contributed by atoms with Crippen LogP contribution in [0.25, 0.3) is 0 Å². The third-order valence-electron chi connectivity index (χ3n) is 3.08. The molecule has 1 amide bonds. The highest BCUT2D eigenvalue weighted by molar-refractivity contribution is 7.89. The van der Waals surface area contributed by atoms with Crippen LogP contribution >= 0.6 is 0 Å². The van der Waals surface area contributed by atoms with Crippen molar-refractivity contribution in [2.75, 3.05) is 18.1 Å². The van der Waals surface area contributed by atoms with Gasteiger partial charge in [-0.2, -0.15) is 0 Å². The van der Waals surface area contributed by atoms with Gasteiger partial charge in [0.15, 0.2) is 17.5 Å². The number of anilines is 2. The number of halogens is 3. The van der Waals surface area contributed by atoms with E-state index in [4.69, 9.17) is 5.73 Å². The molecule has 24 heavy (non-hydrogen) atoms. The zero-order valence-corrected chi connectivity index (χ0v) is 13.0. The molecule has 0 bridgehead atoms. The predicted molar refractivity (Wildman–Crippen MR) is 81.4 cm³/mol. The van der Waals surface area contributed by atoms with Crippen molar-refractivity contribution in [3.05, 3.63) is 53.3 Å². The fourth-order valence-electron chi connectivity index (χ4n) is 1.85. The summed E-state index contributed by atoms with van der Waals surface area (Å²) >= 11 is 0. The Morgan fingerprint density at radius 2 is 1.67 bits per heavy atom. The van der Waals surface area contributed by atoms with E-state index >= 15 is 0 Å². The number of rotatable bonds is 4. The van der Waals surface area contributed by atoms with Gasteiger partial charge in [-0.1, -0.05) is 0 Å². The lowest BCUT2D eigenvalue weighted by atomic mass is 10.2. The summed E-state index contributed by atoms with van der Waals surface area (Å²) in [5, 5.41) is 2.14. The maximum absolute atomic E-state index is 13.1. The summed E-state index contributed by atoms with van der Waals surface area (Å²) in [6.07, 6.45) is 0. The molecule has 0 saturated carbocycles. The van der Waals surface area contributed by atoms with Crippen LogP contribution in [-0.2, 0) is 10.0 Å². The van der Waals surface area contributed by atoms with E-state index in [1.807, 2.05) is 0 Å². The summed E-state index contributed by atoms with van der Waals surface area (Å²) in [5.41, 5.74) is 5.04. The maximum Gasteiger partial charge on any atom is 0.255 e. The molecular weight excluding hydrogens is 347 g/mol. The quantitative estimate of drug-likeness (QED) is 0.573. The zero-order chi connectivity index (χ0) is 18.1. The molecule has 128 valence electrons. The minimum absolute atomic E-state index is 0.0835. The molecule has 0 unspecified atom stereocenters. The van der Waals surface area contributed by atoms with Gasteiger partial charge >= 0.3 is 0 Å². The van der Waals surface area contributed by atoms with E-state index in [0.29, 0.717) is 12.1 Å². The van der Waals surface area contributed by atoms with Crippen LogP contribution in [0.5, 0.6) is 0 Å². The standard InChI is InChI=1S/C14H12F3N3O3S/c1-19-24(22,23)12-4-7(2-3-11(12)18)14(21)20-8-5-9(15)13(17)10(16)6-8/h2-6,19H,18H2,1H3,(H,20,21). The van der Waals surface area contributed by atoms with E-state index in [2.05, 4.69) is 10.0 Å². The number of sulfonamides is 1. The smallest absolute Gasteiger partial charge is 0.255 e. The van der Waals surface area contributed by atoms with Gasteiger partial charge in [0.05, 0.1) is 5.69 Å². The van der Waals surface area contributed by atoms with Gasteiger partial charge in [-0.3, -0.25) is 4.79 Å². The number of nitrogens with two attached hydrogens (primary N) is 1. The SMILES string of the molecule is CNS(=O)(=O)c1cc(C(=O)Nc2cc(F)c(F)c(F)c2)ccc1N. The highest BCUT2D eigenvalue weighted by Gasteiger charge is 2.19. The van der Waals surface area contributed by atoms with Crippen molar-refractivity contribution in [1.82, 2.24) is 4.72 Å². The Bertz CT molecular complexity index is 894. The van der Waals surface area contributed by atoms with Crippen LogP contribution < -0.4 is 15.8 Å². The van der Waals surface area contributed by atoms with Crippen LogP contribution in [0.3, 0.4) is 0 Å². The molecule has 0 aliphatic rings. The Morgan fingerprint density at radius 3 is 2.21 bits per heavy atom. The van der Waals surface area contributed by atoms with Gasteiger partial charge in [0.25, 0.3) is 5.91 Å². The molecule has 10 heteroatoms. The zero-order valence-electron chi connectivity index (χ0n) is 12.2. The third-order valence-corrected chi connectivity index (χ3v) is 4.55. The Balaban J connectivity index is 2.36. The van der Waals surface area contributed by atoms with Crippen LogP contribution in [-0.4, -0.2) is 21.4 Å². The maximum atomic E-state index is 13.1. The van der Waals surface area contributed by atoms with Crippen molar-refractivity contribution < 1.29 is 26.4 Å². The van der Waals surface area contributed by atoms with E-state index < -0.39 is 33.4 Å². The van der Waals surface area contributed by atoms with Gasteiger partial charge in [-0.05, 0) is 25.2 Å². The molecular formula is C14H12F3N3O3S. The third kappa shape index (κ3) is 3.49. The highest BCUT2D eigenvalue weighted by atomic mass is 32.2. The summed E-state index contributed by atoms with van der Waals surface area (Å²) in [7, 11) is -2.73. The second-order valence-electron chi connectivity index (χ2n) is 4.67. The Morgan fingerprint density at radius 1 is 1.08 bits per heavy atom. The lowest BCUT2D eigenvalue weighted by molar-refractivity contribution is 0.102. The molecule has 2 aromatic carbocycles. The Kier molecular flexibility index (Phi) is 4.81. The number of carbonyl (C=O) groups excluding carboxylic acids is 1. The number of carbonyl (C=O) groups is 1. The second kappa shape index (κ2) is 6.49. The average Bonchev–Trinajstić information content (AvgIpc) is 2.52. The van der Waals surface area contributed by atoms with Crippen LogP contribution in [0.15, 0.2) is 35.2 Å². The summed E-state index contributed by atoms with van der Waals surface area (Å²) < 4.78 is 64.9. The van der Waals surface area contributed by atoms with Gasteiger partial charge in [0.1, 0.15) is 4.90 Å². The monoisotopic (exact) mass is 359 g/mol. The molecule has 0 aliphatic carbocycles. The molecule has 6 nitrogen and oxygen atoms in total. The number of hydrogen-bond acceptors (Lipinski definition) is 4. The van der Waals surface area contributed by atoms with Crippen molar-refractivity contribution in [2.24, 2.45) is 0 Å². The Hall–Kier alpha value is -2.59. The molecule has 0 saturated heterocycles. The van der Waals surface area contributed by atoms with Gasteiger partial charge < -0.3 is 11.1 Å². The number of amides is 1. The van der Waals surface area contributed by atoms with Crippen molar-refractivity contribution in [3.63, 3.8) is 0 Å². The highest BCUT2D eigenvalue weighted by Crippen LogP contribution is 2.22. The minimum atomic E-state index is -3.90. The summed E-state index contributed by atoms with van der Waals surface area (Å²) in [6, 6.07) is 4.63. The van der Waals surface area contributed by atoms with Crippen LogP contribution in [0.2, 0.25) is 0 Å². The number of nitrogen functional groups attached to an aromatic ring is 1. The van der Waals surface area contributed by atoms with Crippen molar-refractivity contribution in [1.29, 1.82) is 0 Å². The molecule has 0 fully saturated rings. The minimum Gasteiger partial charge on any atom is -0.398 e. The lowest BCUT2D eigenvalue weighted by Gasteiger charge is -2.10. The molecule has 0 aromatic heterocycles. The van der Waals surface area contributed by atoms with E-state index in [-0.39, 0.29) is 21.8 Å². The van der Waals surface area contributed by atoms with Crippen molar-refractivity contribution in [3.8, 4) is 0 Å². The van der Waals surface area contributed by atoms with Gasteiger partial charge in [0.2, 0.25) is 10.0 Å². The first-order valence-electron chi connectivity index (χ1n) is 6.44. The molecule has 0 heterocycles. The number of hydrogen-bond donors (Lipinski definition) is 3. The topological polar surface area (TPSA) is 101 Å². The van der Waals surface area contributed by atoms with Crippen molar-refractivity contribution >= 4 is 27.3 Å². The first kappa shape index (κ1) is 17.8. The van der Waals surface area contributed by atoms with Gasteiger partial charge in [0, 0.05) is 23.4 Å². The van der Waals surface area contributed by atoms with Crippen LogP contribution in [0.1, 0.15) is 10.4 Å². The summed E-state index contributed by atoms with van der Waals surface area (Å²) in [6.45, 7) is 0. The van der Waals surface area contributed by atoms with Crippen LogP contribution in [0, 0.1) is 17.5 Å². The molecule has 0 atom stereocenters. The summed E-state index contributed by atoms with van der Waals surface area (Å²) in [5.74, 6) is -5.46. The fourth-order valence-corrected chi connectivity index (χ4v) is 2.73. The van der Waals surface area contributed by atoms with Gasteiger partial charge in [-0.15, -0.1) is 0 Å². The first-order valence-corrected chi connectivity index (χ1v) is 7.93. The summed E-state index contributed by atoms with van der Waals surface area (Å²) in [4.78, 5) is 11.8. The van der Waals surface area contributed by atoms with E-state index in [1.165, 1.54) is 19.2 Å². The van der Waals surface area contributed by atoms with Gasteiger partial charge in [-0.25, -0.2) is 26.3 Å². The number of benzene rings is 2. The lowest BCUT2D eigenvalue weighted by Crippen LogP contribution is -2.21. The molecule has 0 aliphatic heterocycles. The Labute approximate surface area is 135 Å². The molecule has 2 aromatic rings. The molecule has 2 rings (SSSR count). The van der Waals surface area contributed by atoms with Crippen molar-refractivity contribution in [2.45, 2.75) is 4.90 Å². The predicted octanol–water partition coefficient (Wildman–Crippen LogP) is 1.85. The fraction of sp³-hybridized carbons (Fsp3) is 0.0714. The molecule has 0 radical (unpaired) electrons. The second-order valence-corrected chi connectivity index (χ2v) is 6.52. The van der Waals surface area contributed by atoms with E-state index in [0.717, 1.165) is 6.07 Å². The first-order chi connectivity index (χ1) is 11.2. The average molecular weight is 359 g/mol. The molecule has 4 N–H and O–H groups in total. The van der Waals surface area contributed by atoms with E-state index in [9.17, 15) is 26.4 Å². The largest absolute Gasteiger partial charge is 0.398 e. The van der Waals surface area contributed by atoms with Crippen LogP contribution in [0.4, 0.5) is 24.5 Å². The molecule has 0 spiro atoms. The normalized spacial score (nSPS) is 11.3.